The average molecular weight is 343 g/mol. The molecule has 0 saturated carbocycles. The van der Waals surface area contributed by atoms with E-state index in [9.17, 15) is 4.79 Å². The highest BCUT2D eigenvalue weighted by Crippen LogP contribution is 2.25. The summed E-state index contributed by atoms with van der Waals surface area (Å²) in [5.74, 6) is 0.637. The zero-order valence-electron chi connectivity index (χ0n) is 14.8. The number of ether oxygens (including phenoxy) is 1. The molecule has 0 unspecified atom stereocenters. The molecule has 0 spiro atoms. The fraction of sp³-hybridized carbons (Fsp3) is 0.474. The van der Waals surface area contributed by atoms with Crippen LogP contribution in [0.2, 0.25) is 0 Å². The van der Waals surface area contributed by atoms with Crippen LogP contribution in [0.3, 0.4) is 0 Å². The third-order valence-corrected chi connectivity index (χ3v) is 4.95. The lowest BCUT2D eigenvalue weighted by molar-refractivity contribution is -0.121. The van der Waals surface area contributed by atoms with Gasteiger partial charge in [0, 0.05) is 36.9 Å². The van der Waals surface area contributed by atoms with Crippen molar-refractivity contribution in [3.05, 3.63) is 42.1 Å². The van der Waals surface area contributed by atoms with Gasteiger partial charge in [-0.1, -0.05) is 35.5 Å². The molecular formula is C19H25N3O3. The molecular weight excluding hydrogens is 318 g/mol. The van der Waals surface area contributed by atoms with Gasteiger partial charge in [-0.05, 0) is 26.9 Å². The van der Waals surface area contributed by atoms with Gasteiger partial charge in [-0.25, -0.2) is 0 Å². The Bertz CT molecular complexity index is 691. The average Bonchev–Trinajstić information content (AvgIpc) is 3.10. The number of rotatable bonds is 6. The van der Waals surface area contributed by atoms with E-state index >= 15 is 0 Å². The molecule has 2 heterocycles. The van der Waals surface area contributed by atoms with Crippen LogP contribution < -0.4 is 5.32 Å². The minimum absolute atomic E-state index is 0.0348. The van der Waals surface area contributed by atoms with Crippen LogP contribution in [0.1, 0.15) is 18.5 Å². The normalized spacial score (nSPS) is 16.8. The van der Waals surface area contributed by atoms with Crippen LogP contribution in [-0.4, -0.2) is 55.4 Å². The fourth-order valence-corrected chi connectivity index (χ4v) is 3.16. The van der Waals surface area contributed by atoms with Crippen molar-refractivity contribution in [3.63, 3.8) is 0 Å². The predicted octanol–water partition coefficient (Wildman–Crippen LogP) is 2.11. The number of aromatic nitrogens is 1. The maximum Gasteiger partial charge on any atom is 0.226 e. The molecule has 0 atom stereocenters. The molecule has 1 aromatic carbocycles. The zero-order valence-corrected chi connectivity index (χ0v) is 14.8. The lowest BCUT2D eigenvalue weighted by atomic mass is 9.88. The summed E-state index contributed by atoms with van der Waals surface area (Å²) in [5.41, 5.74) is 1.56. The molecule has 6 nitrogen and oxygen atoms in total. The number of likely N-dealkylation sites (N-methyl/N-ethyl adjacent to an activating group) is 1. The maximum atomic E-state index is 12.3. The number of amides is 1. The van der Waals surface area contributed by atoms with Crippen molar-refractivity contribution < 1.29 is 14.1 Å². The summed E-state index contributed by atoms with van der Waals surface area (Å²) in [6, 6.07) is 11.6. The Kier molecular flexibility index (Phi) is 5.50. The van der Waals surface area contributed by atoms with Gasteiger partial charge >= 0.3 is 0 Å². The summed E-state index contributed by atoms with van der Waals surface area (Å²) in [6.07, 6.45) is 2.06. The van der Waals surface area contributed by atoms with Crippen molar-refractivity contribution >= 4 is 5.91 Å². The Morgan fingerprint density at radius 2 is 1.96 bits per heavy atom. The smallest absolute Gasteiger partial charge is 0.226 e. The molecule has 134 valence electrons. The van der Waals surface area contributed by atoms with Gasteiger partial charge in [-0.3, -0.25) is 4.79 Å². The van der Waals surface area contributed by atoms with Crippen LogP contribution in [0.4, 0.5) is 0 Å². The molecule has 0 radical (unpaired) electrons. The fourth-order valence-electron chi connectivity index (χ4n) is 3.16. The van der Waals surface area contributed by atoms with Gasteiger partial charge in [0.1, 0.15) is 0 Å². The number of nitrogens with zero attached hydrogens (tertiary/aromatic N) is 2. The van der Waals surface area contributed by atoms with Gasteiger partial charge < -0.3 is 19.5 Å². The molecule has 1 aliphatic heterocycles. The topological polar surface area (TPSA) is 67.6 Å². The minimum atomic E-state index is -0.0411. The van der Waals surface area contributed by atoms with E-state index in [1.165, 1.54) is 0 Å². The van der Waals surface area contributed by atoms with Crippen molar-refractivity contribution in [1.82, 2.24) is 15.4 Å². The second-order valence-corrected chi connectivity index (χ2v) is 6.73. The third-order valence-electron chi connectivity index (χ3n) is 4.95. The van der Waals surface area contributed by atoms with E-state index in [1.807, 2.05) is 36.4 Å². The van der Waals surface area contributed by atoms with Crippen LogP contribution in [0.25, 0.3) is 11.3 Å². The Balaban J connectivity index is 1.57. The number of nitrogens with one attached hydrogen (secondary N) is 1. The standard InChI is InChI=1S/C19H25N3O3/c1-22(2)19(8-10-24-11-9-19)14-20-18(23)13-16-12-17(25-21-16)15-6-4-3-5-7-15/h3-7,12H,8-11,13-14H2,1-2H3,(H,20,23). The van der Waals surface area contributed by atoms with Gasteiger partial charge in [0.05, 0.1) is 12.1 Å². The summed E-state index contributed by atoms with van der Waals surface area (Å²) in [5, 5.41) is 7.07. The van der Waals surface area contributed by atoms with Gasteiger partial charge in [-0.15, -0.1) is 0 Å². The van der Waals surface area contributed by atoms with E-state index in [0.717, 1.165) is 31.6 Å². The third kappa shape index (κ3) is 4.27. The quantitative estimate of drug-likeness (QED) is 0.870. The lowest BCUT2D eigenvalue weighted by Crippen LogP contribution is -2.55. The summed E-state index contributed by atoms with van der Waals surface area (Å²) in [4.78, 5) is 14.5. The Labute approximate surface area is 148 Å². The van der Waals surface area contributed by atoms with Crippen LogP contribution in [0.5, 0.6) is 0 Å². The summed E-state index contributed by atoms with van der Waals surface area (Å²) < 4.78 is 10.8. The number of hydrogen-bond donors (Lipinski definition) is 1. The highest BCUT2D eigenvalue weighted by atomic mass is 16.5. The van der Waals surface area contributed by atoms with Gasteiger partial charge in [0.15, 0.2) is 5.76 Å². The van der Waals surface area contributed by atoms with Crippen LogP contribution >= 0.6 is 0 Å². The molecule has 3 rings (SSSR count). The number of hydrogen-bond acceptors (Lipinski definition) is 5. The molecule has 1 amide bonds. The van der Waals surface area contributed by atoms with Crippen molar-refractivity contribution in [2.45, 2.75) is 24.8 Å². The first kappa shape index (κ1) is 17.6. The first-order valence-electron chi connectivity index (χ1n) is 8.62. The van der Waals surface area contributed by atoms with Crippen molar-refractivity contribution in [2.24, 2.45) is 0 Å². The summed E-state index contributed by atoms with van der Waals surface area (Å²) in [6.45, 7) is 2.08. The molecule has 1 saturated heterocycles. The lowest BCUT2D eigenvalue weighted by Gasteiger charge is -2.42. The summed E-state index contributed by atoms with van der Waals surface area (Å²) >= 11 is 0. The zero-order chi connectivity index (χ0) is 17.7. The van der Waals surface area contributed by atoms with Crippen molar-refractivity contribution in [2.75, 3.05) is 33.9 Å². The highest BCUT2D eigenvalue weighted by Gasteiger charge is 2.35. The molecule has 1 fully saturated rings. The van der Waals surface area contributed by atoms with E-state index in [4.69, 9.17) is 9.26 Å². The van der Waals surface area contributed by atoms with E-state index < -0.39 is 0 Å². The van der Waals surface area contributed by atoms with E-state index in [-0.39, 0.29) is 17.9 Å². The predicted molar refractivity (Wildman–Crippen MR) is 95.1 cm³/mol. The molecule has 25 heavy (non-hydrogen) atoms. The molecule has 1 N–H and O–H groups in total. The van der Waals surface area contributed by atoms with Crippen LogP contribution in [-0.2, 0) is 16.0 Å². The Morgan fingerprint density at radius 1 is 1.24 bits per heavy atom. The number of carbonyl (C=O) groups excluding carboxylic acids is 1. The SMILES string of the molecule is CN(C)C1(CNC(=O)Cc2cc(-c3ccccc3)on2)CCOCC1. The maximum absolute atomic E-state index is 12.3. The highest BCUT2D eigenvalue weighted by molar-refractivity contribution is 5.78. The number of carbonyl (C=O) groups is 1. The molecule has 1 aromatic heterocycles. The first-order valence-corrected chi connectivity index (χ1v) is 8.62. The van der Waals surface area contributed by atoms with E-state index in [0.29, 0.717) is 18.0 Å². The Morgan fingerprint density at radius 3 is 2.64 bits per heavy atom. The first-order chi connectivity index (χ1) is 12.1. The van der Waals surface area contributed by atoms with Gasteiger partial charge in [0.2, 0.25) is 5.91 Å². The molecule has 0 bridgehead atoms. The molecule has 0 aliphatic carbocycles. The van der Waals surface area contributed by atoms with E-state index in [1.54, 1.807) is 0 Å². The van der Waals surface area contributed by atoms with Crippen LogP contribution in [0.15, 0.2) is 40.9 Å². The van der Waals surface area contributed by atoms with Crippen molar-refractivity contribution in [3.8, 4) is 11.3 Å². The molecule has 6 heteroatoms. The largest absolute Gasteiger partial charge is 0.381 e. The van der Waals surface area contributed by atoms with E-state index in [2.05, 4.69) is 29.5 Å². The second-order valence-electron chi connectivity index (χ2n) is 6.73. The monoisotopic (exact) mass is 343 g/mol. The summed E-state index contributed by atoms with van der Waals surface area (Å²) in [7, 11) is 4.11. The number of benzene rings is 1. The molecule has 2 aromatic rings. The minimum Gasteiger partial charge on any atom is -0.381 e. The van der Waals surface area contributed by atoms with Crippen LogP contribution in [0, 0.1) is 0 Å². The molecule has 1 aliphatic rings. The van der Waals surface area contributed by atoms with Gasteiger partial charge in [-0.2, -0.15) is 0 Å². The van der Waals surface area contributed by atoms with Crippen molar-refractivity contribution in [1.29, 1.82) is 0 Å². The Hall–Kier alpha value is -2.18. The second kappa shape index (κ2) is 7.80. The van der Waals surface area contributed by atoms with Gasteiger partial charge in [0.25, 0.3) is 0 Å².